The molecule has 1 heterocycles. The van der Waals surface area contributed by atoms with E-state index in [4.69, 9.17) is 0 Å². The molecule has 1 amide bonds. The van der Waals surface area contributed by atoms with Crippen LogP contribution in [0, 0.1) is 11.3 Å². The summed E-state index contributed by atoms with van der Waals surface area (Å²) in [7, 11) is 0. The van der Waals surface area contributed by atoms with Crippen LogP contribution in [0.2, 0.25) is 0 Å². The lowest BCUT2D eigenvalue weighted by atomic mass is 9.67. The number of alkyl halides is 3. The van der Waals surface area contributed by atoms with Crippen molar-refractivity contribution in [2.75, 3.05) is 19.6 Å². The zero-order valence-corrected chi connectivity index (χ0v) is 17.2. The van der Waals surface area contributed by atoms with Crippen molar-refractivity contribution in [3.05, 3.63) is 35.4 Å². The molecule has 1 aromatic rings. The molecule has 1 unspecified atom stereocenters. The Morgan fingerprint density at radius 1 is 1.27 bits per heavy atom. The lowest BCUT2D eigenvalue weighted by Gasteiger charge is -2.41. The Morgan fingerprint density at radius 3 is 2.50 bits per heavy atom. The summed E-state index contributed by atoms with van der Waals surface area (Å²) in [5.74, 6) is 0. The molecular weight excluding hydrogens is 395 g/mol. The molecule has 2 aliphatic rings. The molecule has 2 fully saturated rings. The predicted molar refractivity (Wildman–Crippen MR) is 106 cm³/mol. The maximum atomic E-state index is 13.5. The van der Waals surface area contributed by atoms with Gasteiger partial charge in [-0.1, -0.05) is 25.1 Å². The molecule has 164 valence electrons. The van der Waals surface area contributed by atoms with Gasteiger partial charge in [-0.3, -0.25) is 4.90 Å². The van der Waals surface area contributed by atoms with Crippen LogP contribution in [0.4, 0.5) is 18.0 Å². The maximum absolute atomic E-state index is 13.5. The van der Waals surface area contributed by atoms with Crippen LogP contribution < -0.4 is 0 Å². The monoisotopic (exact) mass is 423 g/mol. The zero-order valence-electron chi connectivity index (χ0n) is 17.2. The molecule has 1 atom stereocenters. The number of carbonyl (C=O) groups is 1. The number of carboxylic acid groups (broad SMARTS) is 1. The van der Waals surface area contributed by atoms with Crippen molar-refractivity contribution in [2.45, 2.75) is 69.1 Å². The van der Waals surface area contributed by atoms with Gasteiger partial charge in [0.25, 0.3) is 0 Å². The minimum absolute atomic E-state index is 0.0813. The van der Waals surface area contributed by atoms with Crippen molar-refractivity contribution in [3.8, 4) is 6.07 Å². The molecule has 1 aliphatic heterocycles. The fourth-order valence-electron chi connectivity index (χ4n) is 5.07. The van der Waals surface area contributed by atoms with Crippen LogP contribution in [0.15, 0.2) is 24.3 Å². The second-order valence-electron chi connectivity index (χ2n) is 8.35. The van der Waals surface area contributed by atoms with Gasteiger partial charge >= 0.3 is 12.3 Å². The highest BCUT2D eigenvalue weighted by Gasteiger charge is 2.45. The standard InChI is InChI=1S/C22H28F3N3O2/c1-2-16-14-27(12-5-13-28(16)20(29)30)17-8-10-21(15-26,11-9-17)18-6-3-4-7-19(18)22(23,24)25/h3-4,6-7,16-17H,2,5,8-14H2,1H3,(H,29,30). The predicted octanol–water partition coefficient (Wildman–Crippen LogP) is 4.87. The summed E-state index contributed by atoms with van der Waals surface area (Å²) in [6, 6.07) is 7.72. The van der Waals surface area contributed by atoms with E-state index in [1.165, 1.54) is 17.0 Å². The minimum Gasteiger partial charge on any atom is -0.465 e. The van der Waals surface area contributed by atoms with E-state index in [1.54, 1.807) is 6.07 Å². The van der Waals surface area contributed by atoms with Crippen LogP contribution in [0.3, 0.4) is 0 Å². The van der Waals surface area contributed by atoms with Gasteiger partial charge in [0, 0.05) is 31.7 Å². The number of nitrogens with zero attached hydrogens (tertiary/aromatic N) is 3. The summed E-state index contributed by atoms with van der Waals surface area (Å²) in [6.07, 6.45) is -1.94. The Balaban J connectivity index is 1.77. The Labute approximate surface area is 175 Å². The fraction of sp³-hybridized carbons (Fsp3) is 0.636. The molecule has 5 nitrogen and oxygen atoms in total. The van der Waals surface area contributed by atoms with Crippen molar-refractivity contribution in [2.24, 2.45) is 0 Å². The maximum Gasteiger partial charge on any atom is 0.416 e. The first-order valence-electron chi connectivity index (χ1n) is 10.5. The van der Waals surface area contributed by atoms with Gasteiger partial charge in [0.15, 0.2) is 0 Å². The molecule has 30 heavy (non-hydrogen) atoms. The lowest BCUT2D eigenvalue weighted by molar-refractivity contribution is -0.138. The average Bonchev–Trinajstić information content (AvgIpc) is 2.96. The second kappa shape index (κ2) is 8.84. The number of rotatable bonds is 3. The lowest BCUT2D eigenvalue weighted by Crippen LogP contribution is -2.48. The summed E-state index contributed by atoms with van der Waals surface area (Å²) in [4.78, 5) is 15.3. The largest absolute Gasteiger partial charge is 0.465 e. The van der Waals surface area contributed by atoms with Gasteiger partial charge in [0.2, 0.25) is 0 Å². The highest BCUT2D eigenvalue weighted by Crippen LogP contribution is 2.45. The SMILES string of the molecule is CCC1CN(C2CCC(C#N)(c3ccccc3C(F)(F)F)CC2)CCCN1C(=O)O. The Morgan fingerprint density at radius 2 is 1.93 bits per heavy atom. The van der Waals surface area contributed by atoms with Crippen LogP contribution in [0.5, 0.6) is 0 Å². The normalized spacial score (nSPS) is 28.6. The van der Waals surface area contributed by atoms with Gasteiger partial charge in [0.05, 0.1) is 17.0 Å². The first kappa shape index (κ1) is 22.4. The third-order valence-electron chi connectivity index (χ3n) is 6.73. The number of halogens is 3. The number of hydrogen-bond acceptors (Lipinski definition) is 3. The van der Waals surface area contributed by atoms with Crippen molar-refractivity contribution >= 4 is 6.09 Å². The number of amides is 1. The van der Waals surface area contributed by atoms with E-state index in [2.05, 4.69) is 11.0 Å². The zero-order chi connectivity index (χ0) is 21.9. The molecule has 0 radical (unpaired) electrons. The van der Waals surface area contributed by atoms with E-state index in [0.717, 1.165) is 25.5 Å². The van der Waals surface area contributed by atoms with Crippen LogP contribution in [0.25, 0.3) is 0 Å². The highest BCUT2D eigenvalue weighted by atomic mass is 19.4. The quantitative estimate of drug-likeness (QED) is 0.753. The fourth-order valence-corrected chi connectivity index (χ4v) is 5.07. The number of benzene rings is 1. The number of hydrogen-bond donors (Lipinski definition) is 1. The molecule has 8 heteroatoms. The first-order chi connectivity index (χ1) is 14.2. The minimum atomic E-state index is -4.49. The summed E-state index contributed by atoms with van der Waals surface area (Å²) in [6.45, 7) is 3.87. The van der Waals surface area contributed by atoms with Gasteiger partial charge in [-0.2, -0.15) is 18.4 Å². The summed E-state index contributed by atoms with van der Waals surface area (Å²) in [5, 5.41) is 19.4. The van der Waals surface area contributed by atoms with Crippen molar-refractivity contribution in [1.82, 2.24) is 9.80 Å². The van der Waals surface area contributed by atoms with E-state index in [9.17, 15) is 28.3 Å². The summed E-state index contributed by atoms with van der Waals surface area (Å²) in [5.41, 5.74) is -1.77. The van der Waals surface area contributed by atoms with Crippen LogP contribution in [-0.2, 0) is 11.6 Å². The van der Waals surface area contributed by atoms with Gasteiger partial charge < -0.3 is 10.0 Å². The highest BCUT2D eigenvalue weighted by molar-refractivity contribution is 5.65. The molecule has 1 saturated carbocycles. The molecule has 0 aromatic heterocycles. The summed E-state index contributed by atoms with van der Waals surface area (Å²) < 4.78 is 40.6. The van der Waals surface area contributed by atoms with Crippen LogP contribution >= 0.6 is 0 Å². The molecule has 1 aliphatic carbocycles. The first-order valence-corrected chi connectivity index (χ1v) is 10.5. The van der Waals surface area contributed by atoms with Gasteiger partial charge in [0.1, 0.15) is 0 Å². The van der Waals surface area contributed by atoms with E-state index >= 15 is 0 Å². The molecule has 0 spiro atoms. The van der Waals surface area contributed by atoms with Crippen molar-refractivity contribution in [3.63, 3.8) is 0 Å². The molecular formula is C22H28F3N3O2. The molecule has 1 saturated heterocycles. The second-order valence-corrected chi connectivity index (χ2v) is 8.35. The van der Waals surface area contributed by atoms with E-state index in [0.29, 0.717) is 38.8 Å². The van der Waals surface area contributed by atoms with E-state index < -0.39 is 23.2 Å². The Kier molecular flexibility index (Phi) is 6.61. The van der Waals surface area contributed by atoms with Gasteiger partial charge in [-0.05, 0) is 50.2 Å². The van der Waals surface area contributed by atoms with Crippen LogP contribution in [0.1, 0.15) is 56.6 Å². The molecule has 3 rings (SSSR count). The van der Waals surface area contributed by atoms with E-state index in [-0.39, 0.29) is 17.6 Å². The van der Waals surface area contributed by atoms with Gasteiger partial charge in [-0.15, -0.1) is 0 Å². The van der Waals surface area contributed by atoms with Crippen molar-refractivity contribution < 1.29 is 23.1 Å². The average molecular weight is 423 g/mol. The number of nitriles is 1. The van der Waals surface area contributed by atoms with Crippen molar-refractivity contribution in [1.29, 1.82) is 5.26 Å². The Bertz CT molecular complexity index is 798. The van der Waals surface area contributed by atoms with Gasteiger partial charge in [-0.25, -0.2) is 4.79 Å². The third-order valence-corrected chi connectivity index (χ3v) is 6.73. The molecule has 0 bridgehead atoms. The Hall–Kier alpha value is -2.27. The van der Waals surface area contributed by atoms with E-state index in [1.807, 2.05) is 6.92 Å². The summed E-state index contributed by atoms with van der Waals surface area (Å²) >= 11 is 0. The third kappa shape index (κ3) is 4.41. The molecule has 1 aromatic carbocycles. The van der Waals surface area contributed by atoms with Crippen LogP contribution in [-0.4, -0.2) is 52.7 Å². The smallest absolute Gasteiger partial charge is 0.416 e. The molecule has 1 N–H and O–H groups in total. The topological polar surface area (TPSA) is 67.6 Å².